The minimum atomic E-state index is -2.38. The summed E-state index contributed by atoms with van der Waals surface area (Å²) in [6.07, 6.45) is -17.3. The topological polar surface area (TPSA) is 336 Å². The SMILES string of the molecule is CNC1C(OC2C(OC3C(O)C(O)C(N=C(N)N)C(O)C3N=C(N)N)OC(C)C2(O)C=O)OC(CO)C(O)C1O.Cl. The predicted octanol–water partition coefficient (Wildman–Crippen LogP) is -7.74. The van der Waals surface area contributed by atoms with Crippen LogP contribution >= 0.6 is 12.4 Å². The van der Waals surface area contributed by atoms with Crippen molar-refractivity contribution in [3.8, 4) is 0 Å². The lowest BCUT2D eigenvalue weighted by Gasteiger charge is -2.45. The van der Waals surface area contributed by atoms with Crippen molar-refractivity contribution in [1.29, 1.82) is 0 Å². The monoisotopic (exact) mass is 617 g/mol. The highest BCUT2D eigenvalue weighted by molar-refractivity contribution is 5.85. The fraction of sp³-hybridized carbons (Fsp3) is 0.857. The number of aliphatic hydroxyl groups excluding tert-OH is 6. The van der Waals surface area contributed by atoms with Gasteiger partial charge in [-0.1, -0.05) is 0 Å². The number of likely N-dealkylation sites (N-methyl/N-ethyl adjacent to an activating group) is 1. The Labute approximate surface area is 240 Å². The molecule has 0 aromatic heterocycles. The van der Waals surface area contributed by atoms with Crippen molar-refractivity contribution < 1.29 is 59.5 Å². The van der Waals surface area contributed by atoms with Gasteiger partial charge in [-0.15, -0.1) is 12.4 Å². The van der Waals surface area contributed by atoms with Crippen LogP contribution in [0.1, 0.15) is 6.92 Å². The van der Waals surface area contributed by atoms with Crippen molar-refractivity contribution in [1.82, 2.24) is 5.32 Å². The van der Waals surface area contributed by atoms with Crippen molar-refractivity contribution in [2.75, 3.05) is 13.7 Å². The zero-order valence-electron chi connectivity index (χ0n) is 22.2. The molecule has 2 aliphatic heterocycles. The van der Waals surface area contributed by atoms with E-state index in [1.165, 1.54) is 14.0 Å². The molecule has 238 valence electrons. The maximum absolute atomic E-state index is 12.1. The fourth-order valence-corrected chi connectivity index (χ4v) is 5.08. The number of nitrogens with two attached hydrogens (primary N) is 4. The lowest BCUT2D eigenvalue weighted by atomic mass is 9.81. The van der Waals surface area contributed by atoms with Crippen LogP contribution < -0.4 is 28.3 Å². The second-order valence-corrected chi connectivity index (χ2v) is 9.89. The third-order valence-electron chi connectivity index (χ3n) is 7.34. The van der Waals surface area contributed by atoms with E-state index in [-0.39, 0.29) is 18.7 Å². The Morgan fingerprint density at radius 2 is 1.49 bits per heavy atom. The molecule has 2 saturated heterocycles. The summed E-state index contributed by atoms with van der Waals surface area (Å²) in [4.78, 5) is 19.7. The number of halogens is 1. The number of carbonyl (C=O) groups is 1. The van der Waals surface area contributed by atoms with Gasteiger partial charge in [0.25, 0.3) is 0 Å². The number of nitrogens with zero attached hydrogens (tertiary/aromatic N) is 2. The summed E-state index contributed by atoms with van der Waals surface area (Å²) in [5.74, 6) is -1.03. The molecule has 2 heterocycles. The van der Waals surface area contributed by atoms with Gasteiger partial charge in [0.15, 0.2) is 36.4 Å². The highest BCUT2D eigenvalue weighted by Gasteiger charge is 2.60. The molecular formula is C21H40ClN7O12. The summed E-state index contributed by atoms with van der Waals surface area (Å²) in [7, 11) is 1.42. The Morgan fingerprint density at radius 3 is 2.00 bits per heavy atom. The predicted molar refractivity (Wildman–Crippen MR) is 140 cm³/mol. The minimum Gasteiger partial charge on any atom is -0.394 e. The quantitative estimate of drug-likeness (QED) is 0.0648. The largest absolute Gasteiger partial charge is 0.394 e. The molecule has 0 bridgehead atoms. The van der Waals surface area contributed by atoms with E-state index in [0.717, 1.165) is 0 Å². The number of aliphatic imine (C=N–C) groups is 2. The Kier molecular flexibility index (Phi) is 12.0. The third kappa shape index (κ3) is 6.82. The van der Waals surface area contributed by atoms with Crippen molar-refractivity contribution in [3.05, 3.63) is 0 Å². The number of nitrogens with one attached hydrogen (secondary N) is 1. The molecular weight excluding hydrogens is 578 g/mol. The van der Waals surface area contributed by atoms with E-state index in [1.807, 2.05) is 0 Å². The van der Waals surface area contributed by atoms with E-state index in [9.17, 15) is 40.5 Å². The third-order valence-corrected chi connectivity index (χ3v) is 7.34. The van der Waals surface area contributed by atoms with Gasteiger partial charge < -0.3 is 82.9 Å². The smallest absolute Gasteiger partial charge is 0.188 e. The maximum Gasteiger partial charge on any atom is 0.188 e. The van der Waals surface area contributed by atoms with Gasteiger partial charge >= 0.3 is 0 Å². The highest BCUT2D eigenvalue weighted by atomic mass is 35.5. The number of aldehydes is 1. The molecule has 19 nitrogen and oxygen atoms in total. The Hall–Kier alpha value is -1.98. The van der Waals surface area contributed by atoms with Crippen LogP contribution in [0.4, 0.5) is 0 Å². The van der Waals surface area contributed by atoms with E-state index in [1.54, 1.807) is 0 Å². The van der Waals surface area contributed by atoms with Crippen LogP contribution in [0.3, 0.4) is 0 Å². The summed E-state index contributed by atoms with van der Waals surface area (Å²) in [5.41, 5.74) is 19.4. The van der Waals surface area contributed by atoms with Gasteiger partial charge in [-0.25, -0.2) is 9.98 Å². The average molecular weight is 618 g/mol. The number of hydrogen-bond donors (Lipinski definition) is 12. The number of aliphatic hydroxyl groups is 7. The molecule has 20 heteroatoms. The molecule has 16 N–H and O–H groups in total. The Balaban J connectivity index is 0.00000588. The van der Waals surface area contributed by atoms with Gasteiger partial charge in [0.1, 0.15) is 60.9 Å². The number of carbonyl (C=O) groups excluding carboxylic acids is 1. The summed E-state index contributed by atoms with van der Waals surface area (Å²) in [5, 5.41) is 76.6. The van der Waals surface area contributed by atoms with E-state index < -0.39 is 110 Å². The molecule has 1 saturated carbocycles. The molecule has 0 spiro atoms. The van der Waals surface area contributed by atoms with Gasteiger partial charge in [-0.2, -0.15) is 0 Å². The number of ether oxygens (including phenoxy) is 4. The van der Waals surface area contributed by atoms with Crippen molar-refractivity contribution in [3.63, 3.8) is 0 Å². The van der Waals surface area contributed by atoms with Crippen LogP contribution in [-0.4, -0.2) is 159 Å². The molecule has 15 unspecified atom stereocenters. The van der Waals surface area contributed by atoms with Crippen LogP contribution in [0.5, 0.6) is 0 Å². The number of guanidine groups is 2. The summed E-state index contributed by atoms with van der Waals surface area (Å²) >= 11 is 0. The first-order valence-electron chi connectivity index (χ1n) is 12.4. The normalized spacial score (nSPS) is 46.3. The average Bonchev–Trinajstić information content (AvgIpc) is 3.13. The standard InChI is InChI=1S/C21H39N7O12.ClH/c1-5-21(36,4-30)16(40-17-9(26-2)13(34)10(31)6(3-29)38-17)18(37-5)39-15-8(28-20(24)25)11(32)7(27-19(22)23)12(33)14(15)35;/h4-18,26,29,31-36H,3H2,1-2H3,(H4,22,23,27)(H4,24,25,28);1H. The second-order valence-electron chi connectivity index (χ2n) is 9.89. The zero-order valence-corrected chi connectivity index (χ0v) is 23.0. The van der Waals surface area contributed by atoms with Crippen LogP contribution in [0.15, 0.2) is 9.98 Å². The fourth-order valence-electron chi connectivity index (χ4n) is 5.08. The molecule has 0 amide bonds. The molecule has 15 atom stereocenters. The van der Waals surface area contributed by atoms with Crippen LogP contribution in [0.2, 0.25) is 0 Å². The van der Waals surface area contributed by atoms with E-state index in [2.05, 4.69) is 15.3 Å². The van der Waals surface area contributed by atoms with Gasteiger partial charge in [0.2, 0.25) is 0 Å². The molecule has 0 radical (unpaired) electrons. The van der Waals surface area contributed by atoms with E-state index in [4.69, 9.17) is 41.9 Å². The van der Waals surface area contributed by atoms with Crippen molar-refractivity contribution in [2.24, 2.45) is 32.9 Å². The molecule has 0 aromatic carbocycles. The van der Waals surface area contributed by atoms with Crippen LogP contribution in [0.25, 0.3) is 0 Å². The number of hydrogen-bond acceptors (Lipinski definition) is 15. The first-order valence-corrected chi connectivity index (χ1v) is 12.4. The highest BCUT2D eigenvalue weighted by Crippen LogP contribution is 2.38. The molecule has 3 fully saturated rings. The van der Waals surface area contributed by atoms with Gasteiger partial charge in [0, 0.05) is 0 Å². The van der Waals surface area contributed by atoms with Crippen molar-refractivity contribution >= 4 is 30.6 Å². The summed E-state index contributed by atoms with van der Waals surface area (Å²) < 4.78 is 22.9. The van der Waals surface area contributed by atoms with Gasteiger partial charge in [0.05, 0.1) is 18.8 Å². The summed E-state index contributed by atoms with van der Waals surface area (Å²) in [6, 6.07) is -4.08. The number of rotatable bonds is 9. The lowest BCUT2D eigenvalue weighted by Crippen LogP contribution is -2.66. The lowest BCUT2D eigenvalue weighted by molar-refractivity contribution is -0.314. The first-order chi connectivity index (χ1) is 18.7. The summed E-state index contributed by atoms with van der Waals surface area (Å²) in [6.45, 7) is 0.620. The molecule has 3 rings (SSSR count). The molecule has 41 heavy (non-hydrogen) atoms. The first kappa shape index (κ1) is 35.2. The second kappa shape index (κ2) is 14.0. The van der Waals surface area contributed by atoms with Gasteiger partial charge in [-0.05, 0) is 14.0 Å². The molecule has 0 aromatic rings. The Bertz CT molecular complexity index is 946. The van der Waals surface area contributed by atoms with Crippen LogP contribution in [-0.2, 0) is 23.7 Å². The zero-order chi connectivity index (χ0) is 30.1. The van der Waals surface area contributed by atoms with Crippen molar-refractivity contribution in [2.45, 2.75) is 98.2 Å². The van der Waals surface area contributed by atoms with Crippen LogP contribution in [0, 0.1) is 0 Å². The van der Waals surface area contributed by atoms with E-state index in [0.29, 0.717) is 0 Å². The Morgan fingerprint density at radius 1 is 0.902 bits per heavy atom. The minimum absolute atomic E-state index is 0. The maximum atomic E-state index is 12.1. The molecule has 1 aliphatic carbocycles. The van der Waals surface area contributed by atoms with Gasteiger partial charge in [-0.3, -0.25) is 4.79 Å². The van der Waals surface area contributed by atoms with E-state index >= 15 is 0 Å². The molecule has 3 aliphatic rings.